The number of aromatic amines is 2. The van der Waals surface area contributed by atoms with E-state index in [0.29, 0.717) is 0 Å². The van der Waals surface area contributed by atoms with Gasteiger partial charge < -0.3 is 9.97 Å². The van der Waals surface area contributed by atoms with Crippen molar-refractivity contribution in [2.45, 2.75) is 38.5 Å². The number of unbranched alkanes of at least 4 members (excludes halogenated alkanes) is 2. The fourth-order valence-electron chi connectivity index (χ4n) is 4.42. The summed E-state index contributed by atoms with van der Waals surface area (Å²) in [7, 11) is 0. The van der Waals surface area contributed by atoms with Crippen LogP contribution in [-0.4, -0.2) is 19.9 Å². The number of nitrogens with zero attached hydrogens (tertiary/aromatic N) is 2. The number of hydrogen-bond acceptors (Lipinski definition) is 2. The first-order chi connectivity index (χ1) is 15.7. The molecular weight excluding hydrogens is 392 g/mol. The normalized spacial score (nSPS) is 13.4. The predicted octanol–water partition coefficient (Wildman–Crippen LogP) is 7.51. The fraction of sp³-hybridized carbons (Fsp3) is 0.214. The van der Waals surface area contributed by atoms with Crippen LogP contribution in [0.3, 0.4) is 0 Å². The summed E-state index contributed by atoms with van der Waals surface area (Å²) in [6.45, 7) is 6.41. The van der Waals surface area contributed by atoms with Crippen molar-refractivity contribution in [3.05, 3.63) is 83.5 Å². The van der Waals surface area contributed by atoms with Crippen LogP contribution in [0, 0.1) is 0 Å². The molecule has 0 saturated heterocycles. The van der Waals surface area contributed by atoms with E-state index in [1.807, 2.05) is 18.2 Å². The Labute approximate surface area is 188 Å². The third-order valence-corrected chi connectivity index (χ3v) is 6.03. The van der Waals surface area contributed by atoms with Crippen LogP contribution in [-0.2, 0) is 0 Å². The maximum absolute atomic E-state index is 4.97. The van der Waals surface area contributed by atoms with E-state index < -0.39 is 0 Å². The number of hydrogen-bond donors (Lipinski definition) is 2. The largest absolute Gasteiger partial charge is 0.355 e. The maximum atomic E-state index is 4.97. The first-order valence-electron chi connectivity index (χ1n) is 11.4. The summed E-state index contributed by atoms with van der Waals surface area (Å²) in [6.07, 6.45) is 15.0. The van der Waals surface area contributed by atoms with Crippen LogP contribution in [0.25, 0.3) is 46.4 Å². The van der Waals surface area contributed by atoms with E-state index in [2.05, 4.69) is 78.1 Å². The molecule has 5 rings (SSSR count). The van der Waals surface area contributed by atoms with Gasteiger partial charge in [-0.2, -0.15) is 0 Å². The minimum Gasteiger partial charge on any atom is -0.355 e. The lowest BCUT2D eigenvalue weighted by molar-refractivity contribution is 0.629. The molecule has 2 N–H and O–H groups in total. The predicted molar refractivity (Wildman–Crippen MR) is 136 cm³/mol. The molecule has 0 saturated carbocycles. The number of H-pyrrole nitrogens is 2. The molecule has 4 nitrogen and oxygen atoms in total. The number of nitrogens with one attached hydrogen (secondary N) is 2. The van der Waals surface area contributed by atoms with Crippen LogP contribution in [0.1, 0.15) is 66.9 Å². The lowest BCUT2D eigenvalue weighted by Gasteiger charge is -2.14. The molecule has 1 unspecified atom stereocenters. The van der Waals surface area contributed by atoms with Gasteiger partial charge in [0.1, 0.15) is 0 Å². The van der Waals surface area contributed by atoms with Gasteiger partial charge in [-0.1, -0.05) is 32.3 Å². The minimum atomic E-state index is 0.241. The highest BCUT2D eigenvalue weighted by Crippen LogP contribution is 2.31. The van der Waals surface area contributed by atoms with Crippen molar-refractivity contribution >= 4 is 46.4 Å². The summed E-state index contributed by atoms with van der Waals surface area (Å²) in [5.74, 6) is 0.241. The van der Waals surface area contributed by atoms with Crippen LogP contribution in [0.2, 0.25) is 0 Å². The maximum Gasteiger partial charge on any atom is 0.0696 e. The van der Waals surface area contributed by atoms with E-state index in [1.165, 1.54) is 24.8 Å². The molecule has 0 aliphatic carbocycles. The first kappa shape index (κ1) is 20.3. The average Bonchev–Trinajstić information content (AvgIpc) is 3.58. The lowest BCUT2D eigenvalue weighted by Crippen LogP contribution is -1.99. The quantitative estimate of drug-likeness (QED) is 0.221. The van der Waals surface area contributed by atoms with E-state index in [1.54, 1.807) is 0 Å². The Morgan fingerprint density at radius 2 is 1.50 bits per heavy atom. The molecule has 0 fully saturated rings. The van der Waals surface area contributed by atoms with Crippen LogP contribution >= 0.6 is 0 Å². The van der Waals surface area contributed by atoms with Gasteiger partial charge in [-0.3, -0.25) is 0 Å². The van der Waals surface area contributed by atoms with Gasteiger partial charge in [0.2, 0.25) is 0 Å². The average molecular weight is 421 g/mol. The molecule has 8 bridgehead atoms. The lowest BCUT2D eigenvalue weighted by atomic mass is 9.92. The zero-order valence-electron chi connectivity index (χ0n) is 18.4. The highest BCUT2D eigenvalue weighted by Gasteiger charge is 2.16. The van der Waals surface area contributed by atoms with Crippen molar-refractivity contribution in [3.63, 3.8) is 0 Å². The Morgan fingerprint density at radius 3 is 2.31 bits per heavy atom. The van der Waals surface area contributed by atoms with Gasteiger partial charge in [0.25, 0.3) is 0 Å². The number of allylic oxidation sites excluding steroid dienone is 1. The molecule has 0 amide bonds. The summed E-state index contributed by atoms with van der Waals surface area (Å²) in [5.41, 5.74) is 9.21. The topological polar surface area (TPSA) is 57.4 Å². The second-order valence-corrected chi connectivity index (χ2v) is 8.43. The molecule has 0 radical (unpaired) electrons. The van der Waals surface area contributed by atoms with Crippen molar-refractivity contribution in [2.24, 2.45) is 0 Å². The third kappa shape index (κ3) is 4.22. The molecule has 4 heteroatoms. The second kappa shape index (κ2) is 8.83. The summed E-state index contributed by atoms with van der Waals surface area (Å²) in [4.78, 5) is 16.8. The second-order valence-electron chi connectivity index (χ2n) is 8.43. The molecular formula is C28H28N4. The van der Waals surface area contributed by atoms with E-state index in [4.69, 9.17) is 9.97 Å². The Bertz CT molecular complexity index is 1370. The molecule has 0 spiro atoms. The van der Waals surface area contributed by atoms with Crippen molar-refractivity contribution in [1.29, 1.82) is 0 Å². The summed E-state index contributed by atoms with van der Waals surface area (Å²) >= 11 is 0. The Morgan fingerprint density at radius 1 is 0.812 bits per heavy atom. The number of rotatable bonds is 6. The van der Waals surface area contributed by atoms with Gasteiger partial charge in [-0.15, -0.1) is 6.58 Å². The highest BCUT2D eigenvalue weighted by molar-refractivity contribution is 5.80. The summed E-state index contributed by atoms with van der Waals surface area (Å²) < 4.78 is 0. The van der Waals surface area contributed by atoms with E-state index in [-0.39, 0.29) is 5.92 Å². The van der Waals surface area contributed by atoms with Gasteiger partial charge in [0.05, 0.1) is 22.8 Å². The van der Waals surface area contributed by atoms with Crippen LogP contribution in [0.15, 0.2) is 55.1 Å². The molecule has 5 heterocycles. The number of aromatic nitrogens is 4. The van der Waals surface area contributed by atoms with Crippen molar-refractivity contribution in [2.75, 3.05) is 0 Å². The van der Waals surface area contributed by atoms with Gasteiger partial charge >= 0.3 is 0 Å². The van der Waals surface area contributed by atoms with Gasteiger partial charge in [0, 0.05) is 33.5 Å². The van der Waals surface area contributed by atoms with Crippen LogP contribution in [0.5, 0.6) is 0 Å². The fourth-order valence-corrected chi connectivity index (χ4v) is 4.42. The molecule has 1 atom stereocenters. The molecule has 0 aromatic carbocycles. The van der Waals surface area contributed by atoms with Gasteiger partial charge in [-0.05, 0) is 73.2 Å². The van der Waals surface area contributed by atoms with Crippen LogP contribution in [0.4, 0.5) is 0 Å². The SMILES string of the molecule is C=CC(CCCCC)c1c2nc(cc3nc(cc4ccc(cc5ccc1[nH]5)[nH]4)C=C3)C=C2. The van der Waals surface area contributed by atoms with E-state index >= 15 is 0 Å². The van der Waals surface area contributed by atoms with Crippen molar-refractivity contribution < 1.29 is 0 Å². The van der Waals surface area contributed by atoms with Crippen molar-refractivity contribution in [1.82, 2.24) is 19.9 Å². The first-order valence-corrected chi connectivity index (χ1v) is 11.4. The van der Waals surface area contributed by atoms with Crippen LogP contribution < -0.4 is 0 Å². The molecule has 3 aromatic rings. The monoisotopic (exact) mass is 420 g/mol. The molecule has 2 aliphatic heterocycles. The molecule has 2 aliphatic rings. The molecule has 3 aromatic heterocycles. The van der Waals surface area contributed by atoms with Gasteiger partial charge in [-0.25, -0.2) is 9.97 Å². The summed E-state index contributed by atoms with van der Waals surface area (Å²) in [5, 5.41) is 0. The molecule has 32 heavy (non-hydrogen) atoms. The Kier molecular flexibility index (Phi) is 5.59. The highest BCUT2D eigenvalue weighted by atomic mass is 14.8. The number of fused-ring (bicyclic) bond motifs is 8. The molecule has 160 valence electrons. The smallest absolute Gasteiger partial charge is 0.0696 e. The zero-order valence-corrected chi connectivity index (χ0v) is 18.4. The van der Waals surface area contributed by atoms with E-state index in [0.717, 1.165) is 51.3 Å². The zero-order chi connectivity index (χ0) is 21.9. The van der Waals surface area contributed by atoms with E-state index in [9.17, 15) is 0 Å². The van der Waals surface area contributed by atoms with Crippen molar-refractivity contribution in [3.8, 4) is 0 Å². The third-order valence-electron chi connectivity index (χ3n) is 6.03. The Balaban J connectivity index is 1.77. The standard InChI is InChI=1S/C28H28N4/c1-3-5-6-7-19(4-2)28-26-14-12-24(31-26)17-22-10-8-20(29-22)16-21-9-11-23(30-21)18-25-13-15-27(28)32-25/h4,8-19,29,31H,2-3,5-7H2,1H3. The summed E-state index contributed by atoms with van der Waals surface area (Å²) in [6, 6.07) is 14.7. The van der Waals surface area contributed by atoms with Gasteiger partial charge in [0.15, 0.2) is 0 Å². The minimum absolute atomic E-state index is 0.241. The Hall–Kier alpha value is -3.66.